The molecular weight excluding hydrogens is 907 g/mol. The van der Waals surface area contributed by atoms with Crippen LogP contribution in [0.5, 0.6) is 0 Å². The third-order valence-electron chi connectivity index (χ3n) is 12.0. The maximum absolute atomic E-state index is 14.9. The van der Waals surface area contributed by atoms with Gasteiger partial charge in [-0.1, -0.05) is 36.4 Å². The number of aromatic nitrogens is 8. The van der Waals surface area contributed by atoms with Gasteiger partial charge in [-0.05, 0) is 55.5 Å². The summed E-state index contributed by atoms with van der Waals surface area (Å²) >= 11 is 0. The van der Waals surface area contributed by atoms with E-state index in [1.807, 2.05) is 12.1 Å². The fourth-order valence-corrected chi connectivity index (χ4v) is 8.48. The lowest BCUT2D eigenvalue weighted by Crippen LogP contribution is -2.52. The van der Waals surface area contributed by atoms with Crippen LogP contribution in [-0.2, 0) is 20.9 Å². The van der Waals surface area contributed by atoms with Crippen molar-refractivity contribution < 1.29 is 42.3 Å². The Morgan fingerprint density at radius 3 is 1.49 bits per heavy atom. The van der Waals surface area contributed by atoms with Gasteiger partial charge < -0.3 is 29.6 Å². The van der Waals surface area contributed by atoms with Crippen LogP contribution in [0.1, 0.15) is 48.4 Å². The van der Waals surface area contributed by atoms with Gasteiger partial charge in [-0.3, -0.25) is 38.7 Å². The zero-order chi connectivity index (χ0) is 49.1. The first kappa shape index (κ1) is 46.1. The van der Waals surface area contributed by atoms with E-state index in [0.717, 1.165) is 0 Å². The average molecular weight is 949 g/mol. The molecule has 21 heteroatoms. The molecule has 0 unspecified atom stereocenters. The predicted octanol–water partition coefficient (Wildman–Crippen LogP) is 4.58. The minimum Gasteiger partial charge on any atom is -0.360 e. The molecule has 19 nitrogen and oxygen atoms in total. The number of hydrogen-bond acceptors (Lipinski definition) is 11. The van der Waals surface area contributed by atoms with Crippen molar-refractivity contribution in [1.29, 1.82) is 0 Å². The molecule has 0 atom stereocenters. The predicted molar refractivity (Wildman–Crippen MR) is 248 cm³/mol. The number of benzene rings is 4. The molecule has 8 aromatic rings. The molecule has 10 rings (SSSR count). The third kappa shape index (κ3) is 9.18. The summed E-state index contributed by atoms with van der Waals surface area (Å²) in [6.07, 6.45) is 5.36. The van der Waals surface area contributed by atoms with Crippen LogP contribution in [0.2, 0.25) is 0 Å². The van der Waals surface area contributed by atoms with Gasteiger partial charge in [-0.25, -0.2) is 23.4 Å². The molecule has 2 aliphatic heterocycles. The van der Waals surface area contributed by atoms with Crippen LogP contribution in [0, 0.1) is 11.6 Å². The molecule has 0 saturated carbocycles. The quantitative estimate of drug-likeness (QED) is 0.127. The van der Waals surface area contributed by atoms with Crippen molar-refractivity contribution >= 4 is 62.8 Å². The summed E-state index contributed by atoms with van der Waals surface area (Å²) in [4.78, 5) is 109. The first-order valence-electron chi connectivity index (χ1n) is 22.1. The molecule has 4 aromatic heterocycles. The molecule has 2 fully saturated rings. The number of aromatic amines is 3. The van der Waals surface area contributed by atoms with E-state index in [0.29, 0.717) is 46.7 Å². The maximum Gasteiger partial charge on any atom is 0.295 e. The Hall–Kier alpha value is -9.01. The van der Waals surface area contributed by atoms with Crippen LogP contribution in [0.25, 0.3) is 44.6 Å². The van der Waals surface area contributed by atoms with E-state index in [9.17, 15) is 42.3 Å². The van der Waals surface area contributed by atoms with Gasteiger partial charge >= 0.3 is 0 Å². The summed E-state index contributed by atoms with van der Waals surface area (Å²) in [5.74, 6) is -4.13. The van der Waals surface area contributed by atoms with Gasteiger partial charge in [0.15, 0.2) is 17.4 Å². The first-order chi connectivity index (χ1) is 33.9. The smallest absolute Gasteiger partial charge is 0.295 e. The highest BCUT2D eigenvalue weighted by Crippen LogP contribution is 2.32. The summed E-state index contributed by atoms with van der Waals surface area (Å²) in [7, 11) is 0. The number of piperazine rings is 2. The van der Waals surface area contributed by atoms with Gasteiger partial charge in [-0.15, -0.1) is 0 Å². The van der Waals surface area contributed by atoms with Gasteiger partial charge in [-0.2, -0.15) is 10.2 Å². The number of carbonyl (C=O) groups is 7. The molecule has 0 spiro atoms. The molecule has 4 amide bonds. The number of halogens is 2. The van der Waals surface area contributed by atoms with E-state index in [2.05, 4.69) is 35.2 Å². The molecule has 0 bridgehead atoms. The SMILES string of the molecule is CC(=O)Cn1cnc(-c2ccc(F)c3c(C(=O)C(=O)N4CCN(C(=O)c5ccccc5)CC4)c[nH]c23)n1.O=C(C(=O)N1CCN(C(=O)c2ccccc2)CC1)c1c[nH]c2c(-c3ncn[nH]3)ccc(F)c12. The molecule has 0 aliphatic carbocycles. The van der Waals surface area contributed by atoms with Gasteiger partial charge in [0.2, 0.25) is 0 Å². The van der Waals surface area contributed by atoms with Gasteiger partial charge in [0.05, 0.1) is 22.2 Å². The van der Waals surface area contributed by atoms with E-state index >= 15 is 0 Å². The van der Waals surface area contributed by atoms with Crippen molar-refractivity contribution in [3.05, 3.63) is 144 Å². The zero-order valence-electron chi connectivity index (χ0n) is 37.4. The van der Waals surface area contributed by atoms with Crippen LogP contribution in [0.3, 0.4) is 0 Å². The second kappa shape index (κ2) is 19.7. The number of nitrogens with zero attached hydrogens (tertiary/aromatic N) is 9. The van der Waals surface area contributed by atoms with E-state index in [-0.39, 0.29) is 96.7 Å². The number of H-pyrrole nitrogens is 3. The number of carbonyl (C=O) groups excluding carboxylic acids is 7. The summed E-state index contributed by atoms with van der Waals surface area (Å²) in [6, 6.07) is 23.2. The Morgan fingerprint density at radius 1 is 0.571 bits per heavy atom. The van der Waals surface area contributed by atoms with E-state index in [1.165, 1.54) is 70.7 Å². The van der Waals surface area contributed by atoms with Crippen LogP contribution in [0.15, 0.2) is 110 Å². The van der Waals surface area contributed by atoms with Crippen LogP contribution >= 0.6 is 0 Å². The Labute approximate surface area is 396 Å². The molecular formula is C49H42F2N12O7. The monoisotopic (exact) mass is 948 g/mol. The maximum atomic E-state index is 14.9. The van der Waals surface area contributed by atoms with Crippen molar-refractivity contribution in [1.82, 2.24) is 59.5 Å². The molecule has 3 N–H and O–H groups in total. The number of nitrogens with one attached hydrogen (secondary N) is 3. The first-order valence-corrected chi connectivity index (χ1v) is 22.1. The number of fused-ring (bicyclic) bond motifs is 2. The molecule has 2 aliphatic rings. The minimum absolute atomic E-state index is 0.0279. The minimum atomic E-state index is -0.847. The topological polar surface area (TPSA) is 236 Å². The molecule has 0 radical (unpaired) electrons. The summed E-state index contributed by atoms with van der Waals surface area (Å²) in [5.41, 5.74) is 2.58. The summed E-state index contributed by atoms with van der Waals surface area (Å²) in [5, 5.41) is 10.8. The van der Waals surface area contributed by atoms with Gasteiger partial charge in [0, 0.05) is 97.8 Å². The number of ketones is 3. The molecule has 6 heterocycles. The number of Topliss-reactive ketones (excluding diaryl/α,β-unsaturated/α-hetero) is 3. The third-order valence-corrected chi connectivity index (χ3v) is 12.0. The highest BCUT2D eigenvalue weighted by Gasteiger charge is 2.33. The standard InChI is InChI=1S/C26H23FN6O4.C23H19FN6O3/c1-16(34)14-33-15-29-24(30-33)18-7-8-20(27)21-19(13-28-22(18)21)23(35)26(37)32-11-9-31(10-12-32)25(36)17-5-3-2-4-6-17;24-17-7-6-15(21-26-13-27-28-21)19-18(17)16(12-25-19)20(31)23(33)30-10-8-29(9-11-30)22(32)14-4-2-1-3-5-14/h2-8,13,15,28H,9-12,14H2,1H3;1-7,12-13,25H,8-11H2,(H,26,27,28). The van der Waals surface area contributed by atoms with Crippen LogP contribution in [-0.4, -0.2) is 153 Å². The van der Waals surface area contributed by atoms with E-state index in [4.69, 9.17) is 0 Å². The zero-order valence-corrected chi connectivity index (χ0v) is 37.4. The van der Waals surface area contributed by atoms with E-state index in [1.54, 1.807) is 58.3 Å². The molecule has 2 saturated heterocycles. The highest BCUT2D eigenvalue weighted by atomic mass is 19.1. The van der Waals surface area contributed by atoms with Crippen molar-refractivity contribution in [2.75, 3.05) is 52.4 Å². The lowest BCUT2D eigenvalue weighted by molar-refractivity contribution is -0.128. The Kier molecular flexibility index (Phi) is 13.0. The largest absolute Gasteiger partial charge is 0.360 e. The Bertz CT molecular complexity index is 3300. The Balaban J connectivity index is 0.000000175. The van der Waals surface area contributed by atoms with Crippen LogP contribution in [0.4, 0.5) is 8.78 Å². The lowest BCUT2D eigenvalue weighted by atomic mass is 10.0. The van der Waals surface area contributed by atoms with Crippen LogP contribution < -0.4 is 0 Å². The summed E-state index contributed by atoms with van der Waals surface area (Å²) in [6.45, 7) is 3.49. The van der Waals surface area contributed by atoms with Crippen molar-refractivity contribution in [3.8, 4) is 22.8 Å². The summed E-state index contributed by atoms with van der Waals surface area (Å²) < 4.78 is 30.9. The lowest BCUT2D eigenvalue weighted by Gasteiger charge is -2.34. The second-order valence-corrected chi connectivity index (χ2v) is 16.5. The number of amides is 4. The number of rotatable bonds is 10. The highest BCUT2D eigenvalue weighted by molar-refractivity contribution is 6.45. The van der Waals surface area contributed by atoms with Gasteiger partial charge in [0.1, 0.15) is 30.8 Å². The fraction of sp³-hybridized carbons (Fsp3) is 0.204. The van der Waals surface area contributed by atoms with E-state index < -0.39 is 35.0 Å². The Morgan fingerprint density at radius 2 is 1.03 bits per heavy atom. The normalized spacial score (nSPS) is 13.8. The van der Waals surface area contributed by atoms with Crippen molar-refractivity contribution in [3.63, 3.8) is 0 Å². The second-order valence-electron chi connectivity index (χ2n) is 16.5. The average Bonchev–Trinajstić information content (AvgIpc) is 4.25. The van der Waals surface area contributed by atoms with Gasteiger partial charge in [0.25, 0.3) is 35.2 Å². The number of hydrogen-bond donors (Lipinski definition) is 3. The molecule has 4 aromatic carbocycles. The van der Waals surface area contributed by atoms with Crippen molar-refractivity contribution in [2.24, 2.45) is 0 Å². The molecule has 354 valence electrons. The fourth-order valence-electron chi connectivity index (χ4n) is 8.48. The molecule has 70 heavy (non-hydrogen) atoms. The van der Waals surface area contributed by atoms with Crippen molar-refractivity contribution in [2.45, 2.75) is 13.5 Å².